The second-order valence-electron chi connectivity index (χ2n) is 5.77. The summed E-state index contributed by atoms with van der Waals surface area (Å²) in [6.07, 6.45) is 4.02. The van der Waals surface area contributed by atoms with Gasteiger partial charge in [0.05, 0.1) is 0 Å². The van der Waals surface area contributed by atoms with Gasteiger partial charge in [0.2, 0.25) is 0 Å². The third-order valence-corrected chi connectivity index (χ3v) is 3.04. The van der Waals surface area contributed by atoms with Gasteiger partial charge in [-0.25, -0.2) is 0 Å². The molecule has 0 aliphatic heterocycles. The fraction of sp³-hybridized carbons (Fsp3) is 0.917. The summed E-state index contributed by atoms with van der Waals surface area (Å²) < 4.78 is 0. The van der Waals surface area contributed by atoms with Crippen LogP contribution in [0.5, 0.6) is 0 Å². The summed E-state index contributed by atoms with van der Waals surface area (Å²) in [5.74, 6) is 2.14. The molecule has 3 heteroatoms. The van der Waals surface area contributed by atoms with Gasteiger partial charge in [0.15, 0.2) is 5.96 Å². The van der Waals surface area contributed by atoms with Crippen molar-refractivity contribution in [1.82, 2.24) is 5.32 Å². The van der Waals surface area contributed by atoms with Gasteiger partial charge in [0.25, 0.3) is 0 Å². The smallest absolute Gasteiger partial charge is 0.188 e. The lowest BCUT2D eigenvalue weighted by Crippen LogP contribution is -2.45. The maximum atomic E-state index is 5.82. The van der Waals surface area contributed by atoms with E-state index in [9.17, 15) is 0 Å². The molecule has 1 saturated carbocycles. The highest BCUT2D eigenvalue weighted by Gasteiger charge is 2.22. The zero-order chi connectivity index (χ0) is 11.5. The minimum Gasteiger partial charge on any atom is -0.370 e. The number of guanidine groups is 1. The second-order valence-corrected chi connectivity index (χ2v) is 5.77. The van der Waals surface area contributed by atoms with E-state index in [-0.39, 0.29) is 5.54 Å². The minimum absolute atomic E-state index is 0.00880. The highest BCUT2D eigenvalue weighted by molar-refractivity contribution is 5.78. The molecular formula is C12H25N3. The van der Waals surface area contributed by atoms with Crippen molar-refractivity contribution in [3.8, 4) is 0 Å². The zero-order valence-electron chi connectivity index (χ0n) is 10.5. The van der Waals surface area contributed by atoms with Crippen LogP contribution in [0.4, 0.5) is 0 Å². The lowest BCUT2D eigenvalue weighted by molar-refractivity contribution is 0.428. The lowest BCUT2D eigenvalue weighted by Gasteiger charge is -2.21. The third kappa shape index (κ3) is 4.54. The molecule has 0 spiro atoms. The van der Waals surface area contributed by atoms with Crippen LogP contribution in [0, 0.1) is 11.8 Å². The molecule has 1 aliphatic carbocycles. The molecule has 88 valence electrons. The molecule has 3 nitrogen and oxygen atoms in total. The van der Waals surface area contributed by atoms with Crippen molar-refractivity contribution >= 4 is 5.96 Å². The van der Waals surface area contributed by atoms with Crippen LogP contribution >= 0.6 is 0 Å². The molecule has 1 rings (SSSR count). The van der Waals surface area contributed by atoms with Crippen molar-refractivity contribution in [1.29, 1.82) is 0 Å². The van der Waals surface area contributed by atoms with E-state index in [2.05, 4.69) is 38.0 Å². The van der Waals surface area contributed by atoms with Gasteiger partial charge in [-0.1, -0.05) is 19.8 Å². The van der Waals surface area contributed by atoms with E-state index in [4.69, 9.17) is 5.73 Å². The molecule has 0 aromatic heterocycles. The molecule has 1 fully saturated rings. The fourth-order valence-electron chi connectivity index (χ4n) is 2.13. The van der Waals surface area contributed by atoms with Gasteiger partial charge in [0, 0.05) is 12.1 Å². The molecule has 0 aromatic carbocycles. The standard InChI is InChI=1S/C12H25N3/c1-9-6-5-7-10(9)8-14-11(13)15-12(2,3)4/h9-10H,5-8H2,1-4H3,(H3,13,14,15). The molecule has 0 heterocycles. The summed E-state index contributed by atoms with van der Waals surface area (Å²) in [6.45, 7) is 9.48. The molecule has 0 aromatic rings. The van der Waals surface area contributed by atoms with Crippen LogP contribution in [0.25, 0.3) is 0 Å². The molecule has 0 saturated heterocycles. The first-order chi connectivity index (χ1) is 6.88. The van der Waals surface area contributed by atoms with Crippen LogP contribution in [0.15, 0.2) is 4.99 Å². The van der Waals surface area contributed by atoms with Crippen molar-refractivity contribution in [2.75, 3.05) is 6.54 Å². The van der Waals surface area contributed by atoms with Crippen LogP contribution in [-0.4, -0.2) is 18.0 Å². The Balaban J connectivity index is 2.36. The van der Waals surface area contributed by atoms with Gasteiger partial charge >= 0.3 is 0 Å². The van der Waals surface area contributed by atoms with Crippen LogP contribution < -0.4 is 11.1 Å². The summed E-state index contributed by atoms with van der Waals surface area (Å²) in [6, 6.07) is 0. The summed E-state index contributed by atoms with van der Waals surface area (Å²) >= 11 is 0. The van der Waals surface area contributed by atoms with Crippen molar-refractivity contribution in [2.24, 2.45) is 22.6 Å². The molecule has 0 radical (unpaired) electrons. The van der Waals surface area contributed by atoms with Gasteiger partial charge < -0.3 is 11.1 Å². The largest absolute Gasteiger partial charge is 0.370 e. The van der Waals surface area contributed by atoms with E-state index in [0.29, 0.717) is 5.96 Å². The van der Waals surface area contributed by atoms with Crippen molar-refractivity contribution in [3.05, 3.63) is 0 Å². The molecule has 0 amide bonds. The minimum atomic E-state index is 0.00880. The predicted molar refractivity (Wildman–Crippen MR) is 65.9 cm³/mol. The maximum absolute atomic E-state index is 5.82. The quantitative estimate of drug-likeness (QED) is 0.543. The van der Waals surface area contributed by atoms with Crippen LogP contribution in [0.1, 0.15) is 47.0 Å². The molecule has 1 aliphatic rings. The van der Waals surface area contributed by atoms with Gasteiger partial charge in [0.1, 0.15) is 0 Å². The Kier molecular flexibility index (Phi) is 4.00. The Labute approximate surface area is 93.5 Å². The summed E-state index contributed by atoms with van der Waals surface area (Å²) in [7, 11) is 0. The number of nitrogens with zero attached hydrogens (tertiary/aromatic N) is 1. The Morgan fingerprint density at radius 3 is 2.53 bits per heavy atom. The van der Waals surface area contributed by atoms with E-state index in [1.165, 1.54) is 19.3 Å². The van der Waals surface area contributed by atoms with E-state index < -0.39 is 0 Å². The Morgan fingerprint density at radius 1 is 1.40 bits per heavy atom. The van der Waals surface area contributed by atoms with E-state index in [1.807, 2.05) is 0 Å². The SMILES string of the molecule is CC1CCCC1CN=C(N)NC(C)(C)C. The number of nitrogens with two attached hydrogens (primary N) is 1. The number of aliphatic imine (C=N–C) groups is 1. The normalized spacial score (nSPS) is 28.1. The van der Waals surface area contributed by atoms with Crippen LogP contribution in [0.3, 0.4) is 0 Å². The molecule has 2 unspecified atom stereocenters. The van der Waals surface area contributed by atoms with Gasteiger partial charge in [-0.3, -0.25) is 4.99 Å². The van der Waals surface area contributed by atoms with Gasteiger partial charge in [-0.05, 0) is 39.0 Å². The molecule has 0 bridgehead atoms. The summed E-state index contributed by atoms with van der Waals surface area (Å²) in [5, 5.41) is 3.19. The molecule has 3 N–H and O–H groups in total. The first kappa shape index (κ1) is 12.3. The number of hydrogen-bond acceptors (Lipinski definition) is 1. The number of hydrogen-bond donors (Lipinski definition) is 2. The monoisotopic (exact) mass is 211 g/mol. The average Bonchev–Trinajstić information content (AvgIpc) is 2.44. The Morgan fingerprint density at radius 2 is 2.07 bits per heavy atom. The van der Waals surface area contributed by atoms with Crippen molar-refractivity contribution < 1.29 is 0 Å². The Bertz CT molecular complexity index is 228. The van der Waals surface area contributed by atoms with E-state index in [1.54, 1.807) is 0 Å². The van der Waals surface area contributed by atoms with Crippen molar-refractivity contribution in [2.45, 2.75) is 52.5 Å². The summed E-state index contributed by atoms with van der Waals surface area (Å²) in [5.41, 5.74) is 5.83. The third-order valence-electron chi connectivity index (χ3n) is 3.04. The lowest BCUT2D eigenvalue weighted by atomic mass is 9.99. The molecule has 2 atom stereocenters. The van der Waals surface area contributed by atoms with Gasteiger partial charge in [-0.2, -0.15) is 0 Å². The number of nitrogens with one attached hydrogen (secondary N) is 1. The first-order valence-corrected chi connectivity index (χ1v) is 5.96. The van der Waals surface area contributed by atoms with E-state index >= 15 is 0 Å². The highest BCUT2D eigenvalue weighted by atomic mass is 15.1. The Hall–Kier alpha value is -0.730. The van der Waals surface area contributed by atoms with Crippen LogP contribution in [-0.2, 0) is 0 Å². The fourth-order valence-corrected chi connectivity index (χ4v) is 2.13. The number of rotatable bonds is 2. The molecule has 15 heavy (non-hydrogen) atoms. The average molecular weight is 211 g/mol. The first-order valence-electron chi connectivity index (χ1n) is 5.96. The second kappa shape index (κ2) is 4.86. The summed E-state index contributed by atoms with van der Waals surface area (Å²) in [4.78, 5) is 4.43. The van der Waals surface area contributed by atoms with E-state index in [0.717, 1.165) is 18.4 Å². The maximum Gasteiger partial charge on any atom is 0.188 e. The zero-order valence-corrected chi connectivity index (χ0v) is 10.5. The van der Waals surface area contributed by atoms with Crippen molar-refractivity contribution in [3.63, 3.8) is 0 Å². The topological polar surface area (TPSA) is 50.4 Å². The van der Waals surface area contributed by atoms with Gasteiger partial charge in [-0.15, -0.1) is 0 Å². The highest BCUT2D eigenvalue weighted by Crippen LogP contribution is 2.31. The molecular weight excluding hydrogens is 186 g/mol. The van der Waals surface area contributed by atoms with Crippen LogP contribution in [0.2, 0.25) is 0 Å². The predicted octanol–water partition coefficient (Wildman–Crippen LogP) is 2.13.